The Kier molecular flexibility index (Phi) is 8.73. The number of halogens is 7. The highest BCUT2D eigenvalue weighted by Crippen LogP contribution is 2.42. The molecule has 240 valence electrons. The van der Waals surface area contributed by atoms with Gasteiger partial charge in [-0.25, -0.2) is 35.5 Å². The number of esters is 1. The lowest BCUT2D eigenvalue weighted by atomic mass is 9.80. The van der Waals surface area contributed by atoms with E-state index in [-0.39, 0.29) is 5.75 Å². The molecular weight excluding hydrogens is 637 g/mol. The Morgan fingerprint density at radius 1 is 0.479 bits per heavy atom. The third-order valence-electron chi connectivity index (χ3n) is 7.53. The topological polar surface area (TPSA) is 35.5 Å². The van der Waals surface area contributed by atoms with Crippen molar-refractivity contribution in [1.82, 2.24) is 0 Å². The van der Waals surface area contributed by atoms with Gasteiger partial charge in [0.25, 0.3) is 0 Å². The largest absolute Gasteiger partial charge is 0.473 e. The van der Waals surface area contributed by atoms with Gasteiger partial charge in [0.2, 0.25) is 0 Å². The minimum atomic E-state index is -1.84. The lowest BCUT2D eigenvalue weighted by Crippen LogP contribution is -2.36. The standard InChI is InChI=1S/C38H21F7O3/c39-28-16-22(17-29(40)35(28)37(46)47-26-18-32(43)36(45)33(44)19-26)34-30(41)20-27(21-31(34)42)48-38(23-10-4-1-5-11-23,24-12-6-2-7-13-24)25-14-8-3-9-15-25/h1-21H. The van der Waals surface area contributed by atoms with Crippen molar-refractivity contribution >= 4 is 5.97 Å². The van der Waals surface area contributed by atoms with E-state index in [0.717, 1.165) is 12.1 Å². The van der Waals surface area contributed by atoms with Crippen LogP contribution in [0.5, 0.6) is 11.5 Å². The van der Waals surface area contributed by atoms with Crippen molar-refractivity contribution < 1.29 is 45.0 Å². The van der Waals surface area contributed by atoms with Crippen LogP contribution in [0, 0.1) is 40.7 Å². The van der Waals surface area contributed by atoms with E-state index in [0.29, 0.717) is 41.0 Å². The van der Waals surface area contributed by atoms with Crippen LogP contribution in [0.4, 0.5) is 30.7 Å². The first-order valence-corrected chi connectivity index (χ1v) is 14.3. The summed E-state index contributed by atoms with van der Waals surface area (Å²) in [6, 6.07) is 30.4. The molecule has 0 fully saturated rings. The number of carbonyl (C=O) groups is 1. The highest BCUT2D eigenvalue weighted by Gasteiger charge is 2.39. The fourth-order valence-electron chi connectivity index (χ4n) is 5.42. The van der Waals surface area contributed by atoms with Gasteiger partial charge in [-0.15, -0.1) is 0 Å². The quantitative estimate of drug-likeness (QED) is 0.0537. The molecule has 10 heteroatoms. The molecule has 0 saturated heterocycles. The number of ether oxygens (including phenoxy) is 2. The summed E-state index contributed by atoms with van der Waals surface area (Å²) in [6.45, 7) is 0. The van der Waals surface area contributed by atoms with Gasteiger partial charge < -0.3 is 9.47 Å². The summed E-state index contributed by atoms with van der Waals surface area (Å²) < 4.78 is 113. The zero-order chi connectivity index (χ0) is 34.0. The monoisotopic (exact) mass is 658 g/mol. The molecule has 0 bridgehead atoms. The fraction of sp³-hybridized carbons (Fsp3) is 0.0263. The Labute approximate surface area is 269 Å². The minimum Gasteiger partial charge on any atom is -0.473 e. The molecule has 0 aliphatic carbocycles. The molecule has 48 heavy (non-hydrogen) atoms. The van der Waals surface area contributed by atoms with Crippen LogP contribution in [0.1, 0.15) is 27.0 Å². The first-order valence-electron chi connectivity index (χ1n) is 14.3. The van der Waals surface area contributed by atoms with Crippen LogP contribution in [0.25, 0.3) is 11.1 Å². The zero-order valence-electron chi connectivity index (χ0n) is 24.5. The molecule has 6 aromatic rings. The van der Waals surface area contributed by atoms with Gasteiger partial charge in [0.05, 0.1) is 5.56 Å². The molecular formula is C38H21F7O3. The lowest BCUT2D eigenvalue weighted by Gasteiger charge is -2.36. The Morgan fingerprint density at radius 2 is 0.875 bits per heavy atom. The second-order valence-corrected chi connectivity index (χ2v) is 10.5. The normalized spacial score (nSPS) is 11.3. The van der Waals surface area contributed by atoms with Gasteiger partial charge in [-0.05, 0) is 17.7 Å². The van der Waals surface area contributed by atoms with Gasteiger partial charge in [-0.3, -0.25) is 0 Å². The molecule has 0 amide bonds. The maximum absolute atomic E-state index is 15.7. The van der Waals surface area contributed by atoms with E-state index in [1.54, 1.807) is 36.4 Å². The maximum atomic E-state index is 15.7. The molecule has 0 atom stereocenters. The van der Waals surface area contributed by atoms with Crippen molar-refractivity contribution in [2.24, 2.45) is 0 Å². The summed E-state index contributed by atoms with van der Waals surface area (Å²) in [7, 11) is 0. The number of carbonyl (C=O) groups excluding carboxylic acids is 1. The van der Waals surface area contributed by atoms with E-state index in [9.17, 15) is 18.0 Å². The third kappa shape index (κ3) is 6.00. The SMILES string of the molecule is O=C(Oc1cc(F)c(F)c(F)c1)c1c(F)cc(-c2c(F)cc(OC(c3ccccc3)(c3ccccc3)c3ccccc3)cc2F)cc1F. The van der Waals surface area contributed by atoms with E-state index in [2.05, 4.69) is 4.74 Å². The highest BCUT2D eigenvalue weighted by atomic mass is 19.2. The predicted octanol–water partition coefficient (Wildman–Crippen LogP) is 9.92. The number of rotatable bonds is 8. The Hall–Kier alpha value is -5.90. The van der Waals surface area contributed by atoms with Gasteiger partial charge >= 0.3 is 5.97 Å². The zero-order valence-corrected chi connectivity index (χ0v) is 24.5. The molecule has 0 unspecified atom stereocenters. The van der Waals surface area contributed by atoms with Crippen molar-refractivity contribution in [3.05, 3.63) is 190 Å². The first kappa shape index (κ1) is 32.1. The molecule has 3 nitrogen and oxygen atoms in total. The lowest BCUT2D eigenvalue weighted by molar-refractivity contribution is 0.0723. The smallest absolute Gasteiger partial charge is 0.349 e. The van der Waals surface area contributed by atoms with Crippen molar-refractivity contribution in [3.8, 4) is 22.6 Å². The van der Waals surface area contributed by atoms with Crippen LogP contribution in [0.2, 0.25) is 0 Å². The summed E-state index contributed by atoms with van der Waals surface area (Å²) in [5.41, 5.74) is -2.21. The van der Waals surface area contributed by atoms with Crippen molar-refractivity contribution in [1.29, 1.82) is 0 Å². The summed E-state index contributed by atoms with van der Waals surface area (Å²) >= 11 is 0. The molecule has 0 radical (unpaired) electrons. The molecule has 0 aliphatic rings. The highest BCUT2D eigenvalue weighted by molar-refractivity contribution is 5.92. The van der Waals surface area contributed by atoms with Crippen LogP contribution >= 0.6 is 0 Å². The fourth-order valence-corrected chi connectivity index (χ4v) is 5.42. The van der Waals surface area contributed by atoms with Gasteiger partial charge in [0.15, 0.2) is 23.1 Å². The van der Waals surface area contributed by atoms with Crippen molar-refractivity contribution in [2.45, 2.75) is 5.60 Å². The van der Waals surface area contributed by atoms with Crippen LogP contribution in [0.3, 0.4) is 0 Å². The van der Waals surface area contributed by atoms with E-state index >= 15 is 17.6 Å². The Balaban J connectivity index is 1.39. The molecule has 0 N–H and O–H groups in total. The van der Waals surface area contributed by atoms with Crippen LogP contribution in [-0.4, -0.2) is 5.97 Å². The average molecular weight is 659 g/mol. The predicted molar refractivity (Wildman–Crippen MR) is 163 cm³/mol. The van der Waals surface area contributed by atoms with Crippen molar-refractivity contribution in [3.63, 3.8) is 0 Å². The Morgan fingerprint density at radius 3 is 1.29 bits per heavy atom. The summed E-state index contributed by atoms with van der Waals surface area (Å²) in [4.78, 5) is 12.5. The molecule has 0 heterocycles. The molecule has 6 aromatic carbocycles. The van der Waals surface area contributed by atoms with E-state index < -0.39 is 74.7 Å². The molecule has 0 aromatic heterocycles. The van der Waals surface area contributed by atoms with Crippen LogP contribution in [-0.2, 0) is 5.60 Å². The Bertz CT molecular complexity index is 1960. The molecule has 6 rings (SSSR count). The maximum Gasteiger partial charge on any atom is 0.349 e. The van der Waals surface area contributed by atoms with E-state index in [1.165, 1.54) is 0 Å². The second kappa shape index (κ2) is 13.1. The number of hydrogen-bond acceptors (Lipinski definition) is 3. The molecule has 0 aliphatic heterocycles. The minimum absolute atomic E-state index is 0.245. The first-order chi connectivity index (χ1) is 23.1. The summed E-state index contributed by atoms with van der Waals surface area (Å²) in [6.07, 6.45) is 0. The third-order valence-corrected chi connectivity index (χ3v) is 7.53. The van der Waals surface area contributed by atoms with E-state index in [4.69, 9.17) is 4.74 Å². The van der Waals surface area contributed by atoms with Gasteiger partial charge in [-0.2, -0.15) is 0 Å². The second-order valence-electron chi connectivity index (χ2n) is 10.5. The summed E-state index contributed by atoms with van der Waals surface area (Å²) in [5.74, 6) is -13.8. The van der Waals surface area contributed by atoms with Crippen LogP contribution < -0.4 is 9.47 Å². The molecule has 0 spiro atoms. The van der Waals surface area contributed by atoms with Crippen LogP contribution in [0.15, 0.2) is 127 Å². The van der Waals surface area contributed by atoms with Crippen molar-refractivity contribution in [2.75, 3.05) is 0 Å². The average Bonchev–Trinajstić information content (AvgIpc) is 3.06. The summed E-state index contributed by atoms with van der Waals surface area (Å²) in [5, 5.41) is 0. The van der Waals surface area contributed by atoms with Gasteiger partial charge in [-0.1, -0.05) is 91.0 Å². The molecule has 0 saturated carbocycles. The number of benzene rings is 6. The number of hydrogen-bond donors (Lipinski definition) is 0. The van der Waals surface area contributed by atoms with Gasteiger partial charge in [0.1, 0.15) is 40.3 Å². The van der Waals surface area contributed by atoms with E-state index in [1.807, 2.05) is 54.6 Å². The van der Waals surface area contributed by atoms with Gasteiger partial charge in [0, 0.05) is 41.0 Å².